The lowest BCUT2D eigenvalue weighted by Gasteiger charge is -2.06. The van der Waals surface area contributed by atoms with Gasteiger partial charge in [0, 0.05) is 17.6 Å². The number of hydrogen-bond acceptors (Lipinski definition) is 5. The Bertz CT molecular complexity index is 717. The molecule has 4 N–H and O–H groups in total. The van der Waals surface area contributed by atoms with Crippen LogP contribution in [0.4, 0.5) is 0 Å². The molecule has 0 saturated carbocycles. The van der Waals surface area contributed by atoms with Gasteiger partial charge < -0.3 is 10.7 Å². The number of rotatable bonds is 6. The lowest BCUT2D eigenvalue weighted by Crippen LogP contribution is -2.25. The number of aromatic nitrogens is 1. The SMILES string of the molecule is NCc1ccc(CS(=O)(=O)NCc2csc(=O)[nH]2)cc1. The summed E-state index contributed by atoms with van der Waals surface area (Å²) in [5.41, 5.74) is 7.68. The van der Waals surface area contributed by atoms with Crippen LogP contribution in [-0.2, 0) is 28.9 Å². The molecule has 20 heavy (non-hydrogen) atoms. The second-order valence-electron chi connectivity index (χ2n) is 4.27. The number of sulfonamides is 1. The molecule has 0 unspecified atom stereocenters. The third-order valence-corrected chi connectivity index (χ3v) is 4.68. The van der Waals surface area contributed by atoms with Gasteiger partial charge in [0.1, 0.15) is 0 Å². The summed E-state index contributed by atoms with van der Waals surface area (Å²) in [7, 11) is -3.44. The molecule has 0 radical (unpaired) electrons. The maximum atomic E-state index is 11.9. The number of benzene rings is 1. The number of nitrogens with two attached hydrogens (primary N) is 1. The standard InChI is InChI=1S/C12H15N3O3S2/c13-5-9-1-3-10(4-2-9)8-20(17,18)14-6-11-7-19-12(16)15-11/h1-4,7,14H,5-6,8,13H2,(H,15,16). The summed E-state index contributed by atoms with van der Waals surface area (Å²) in [6.07, 6.45) is 0. The molecule has 108 valence electrons. The van der Waals surface area contributed by atoms with Gasteiger partial charge in [0.25, 0.3) is 0 Å². The quantitative estimate of drug-likeness (QED) is 0.723. The van der Waals surface area contributed by atoms with Crippen LogP contribution < -0.4 is 15.3 Å². The summed E-state index contributed by atoms with van der Waals surface area (Å²) >= 11 is 1.01. The molecule has 2 aromatic rings. The molecule has 0 aliphatic rings. The summed E-state index contributed by atoms with van der Waals surface area (Å²) < 4.78 is 26.3. The molecule has 0 bridgehead atoms. The van der Waals surface area contributed by atoms with E-state index in [2.05, 4.69) is 9.71 Å². The van der Waals surface area contributed by atoms with Crippen LogP contribution in [0.5, 0.6) is 0 Å². The molecule has 0 atom stereocenters. The minimum atomic E-state index is -3.44. The molecular weight excluding hydrogens is 298 g/mol. The Balaban J connectivity index is 1.97. The fourth-order valence-electron chi connectivity index (χ4n) is 1.63. The van der Waals surface area contributed by atoms with Gasteiger partial charge in [-0.15, -0.1) is 0 Å². The summed E-state index contributed by atoms with van der Waals surface area (Å²) in [6, 6.07) is 7.10. The van der Waals surface area contributed by atoms with Crippen molar-refractivity contribution >= 4 is 21.4 Å². The van der Waals surface area contributed by atoms with Crippen LogP contribution in [0, 0.1) is 0 Å². The van der Waals surface area contributed by atoms with Crippen molar-refractivity contribution in [3.8, 4) is 0 Å². The first-order valence-corrected chi connectivity index (χ1v) is 8.43. The van der Waals surface area contributed by atoms with Crippen LogP contribution in [0.3, 0.4) is 0 Å². The molecule has 0 fully saturated rings. The molecule has 1 aromatic heterocycles. The topological polar surface area (TPSA) is 105 Å². The van der Waals surface area contributed by atoms with E-state index in [9.17, 15) is 13.2 Å². The van der Waals surface area contributed by atoms with Crippen LogP contribution in [-0.4, -0.2) is 13.4 Å². The third kappa shape index (κ3) is 4.27. The van der Waals surface area contributed by atoms with E-state index in [1.165, 1.54) is 0 Å². The third-order valence-electron chi connectivity index (χ3n) is 2.67. The number of hydrogen-bond donors (Lipinski definition) is 3. The van der Waals surface area contributed by atoms with E-state index in [1.54, 1.807) is 29.6 Å². The van der Waals surface area contributed by atoms with Crippen molar-refractivity contribution in [3.63, 3.8) is 0 Å². The normalized spacial score (nSPS) is 11.7. The number of H-pyrrole nitrogens is 1. The Morgan fingerprint density at radius 3 is 2.40 bits per heavy atom. The van der Waals surface area contributed by atoms with Crippen molar-refractivity contribution in [3.05, 3.63) is 56.1 Å². The first-order valence-electron chi connectivity index (χ1n) is 5.90. The highest BCUT2D eigenvalue weighted by Gasteiger charge is 2.11. The fourth-order valence-corrected chi connectivity index (χ4v) is 3.32. The molecule has 8 heteroatoms. The second-order valence-corrected chi connectivity index (χ2v) is 6.92. The van der Waals surface area contributed by atoms with Crippen LogP contribution >= 0.6 is 11.3 Å². The summed E-state index contributed by atoms with van der Waals surface area (Å²) in [5, 5.41) is 1.60. The average Bonchev–Trinajstić information content (AvgIpc) is 2.83. The second kappa shape index (κ2) is 6.31. The highest BCUT2D eigenvalue weighted by atomic mass is 32.2. The van der Waals surface area contributed by atoms with Crippen molar-refractivity contribution in [1.82, 2.24) is 9.71 Å². The zero-order valence-corrected chi connectivity index (χ0v) is 12.3. The Kier molecular flexibility index (Phi) is 4.71. The Morgan fingerprint density at radius 2 is 1.85 bits per heavy atom. The minimum Gasteiger partial charge on any atom is -0.326 e. The summed E-state index contributed by atoms with van der Waals surface area (Å²) in [5.74, 6) is -0.105. The van der Waals surface area contributed by atoms with Crippen molar-refractivity contribution in [2.24, 2.45) is 5.73 Å². The molecule has 0 spiro atoms. The first-order chi connectivity index (χ1) is 9.48. The van der Waals surface area contributed by atoms with Gasteiger partial charge in [-0.3, -0.25) is 4.79 Å². The Morgan fingerprint density at radius 1 is 1.20 bits per heavy atom. The molecular formula is C12H15N3O3S2. The fraction of sp³-hybridized carbons (Fsp3) is 0.250. The van der Waals surface area contributed by atoms with Crippen molar-refractivity contribution in [2.45, 2.75) is 18.8 Å². The average molecular weight is 313 g/mol. The smallest absolute Gasteiger partial charge is 0.304 e. The molecule has 0 aliphatic carbocycles. The van der Waals surface area contributed by atoms with E-state index >= 15 is 0 Å². The minimum absolute atomic E-state index is 0.0853. The van der Waals surface area contributed by atoms with Gasteiger partial charge in [0.2, 0.25) is 10.0 Å². The largest absolute Gasteiger partial charge is 0.326 e. The van der Waals surface area contributed by atoms with Crippen molar-refractivity contribution in [2.75, 3.05) is 0 Å². The molecule has 2 rings (SSSR count). The van der Waals surface area contributed by atoms with Gasteiger partial charge in [0.05, 0.1) is 12.3 Å². The maximum absolute atomic E-state index is 11.9. The van der Waals surface area contributed by atoms with Crippen LogP contribution in [0.25, 0.3) is 0 Å². The van der Waals surface area contributed by atoms with Gasteiger partial charge in [-0.1, -0.05) is 35.6 Å². The monoisotopic (exact) mass is 313 g/mol. The van der Waals surface area contributed by atoms with E-state index in [0.717, 1.165) is 16.9 Å². The van der Waals surface area contributed by atoms with Gasteiger partial charge in [0.15, 0.2) is 0 Å². The number of thiazole rings is 1. The lowest BCUT2D eigenvalue weighted by molar-refractivity contribution is 0.579. The van der Waals surface area contributed by atoms with Crippen LogP contribution in [0.15, 0.2) is 34.4 Å². The highest BCUT2D eigenvalue weighted by molar-refractivity contribution is 7.88. The summed E-state index contributed by atoms with van der Waals surface area (Å²) in [4.78, 5) is 13.3. The zero-order chi connectivity index (χ0) is 14.6. The van der Waals surface area contributed by atoms with Crippen LogP contribution in [0.1, 0.15) is 16.8 Å². The Labute approximate surface area is 120 Å². The van der Waals surface area contributed by atoms with E-state index in [1.807, 2.05) is 0 Å². The van der Waals surface area contributed by atoms with Crippen LogP contribution in [0.2, 0.25) is 0 Å². The highest BCUT2D eigenvalue weighted by Crippen LogP contribution is 2.08. The molecule has 0 saturated heterocycles. The van der Waals surface area contributed by atoms with E-state index < -0.39 is 10.0 Å². The Hall–Kier alpha value is -1.48. The predicted molar refractivity (Wildman–Crippen MR) is 78.7 cm³/mol. The molecule has 1 heterocycles. The number of nitrogens with one attached hydrogen (secondary N) is 2. The van der Waals surface area contributed by atoms with Gasteiger partial charge in [-0.25, -0.2) is 13.1 Å². The molecule has 6 nitrogen and oxygen atoms in total. The van der Waals surface area contributed by atoms with E-state index in [0.29, 0.717) is 17.8 Å². The van der Waals surface area contributed by atoms with Gasteiger partial charge in [-0.05, 0) is 11.1 Å². The molecule has 1 aromatic carbocycles. The van der Waals surface area contributed by atoms with Crippen molar-refractivity contribution in [1.29, 1.82) is 0 Å². The first kappa shape index (κ1) is 14.9. The zero-order valence-electron chi connectivity index (χ0n) is 10.6. The number of aromatic amines is 1. The lowest BCUT2D eigenvalue weighted by atomic mass is 10.1. The van der Waals surface area contributed by atoms with E-state index in [4.69, 9.17) is 5.73 Å². The van der Waals surface area contributed by atoms with E-state index in [-0.39, 0.29) is 17.2 Å². The van der Waals surface area contributed by atoms with Gasteiger partial charge >= 0.3 is 4.87 Å². The maximum Gasteiger partial charge on any atom is 0.304 e. The molecule has 0 aliphatic heterocycles. The van der Waals surface area contributed by atoms with Crippen molar-refractivity contribution < 1.29 is 8.42 Å². The predicted octanol–water partition coefficient (Wildman–Crippen LogP) is 0.515. The van der Waals surface area contributed by atoms with Gasteiger partial charge in [-0.2, -0.15) is 0 Å². The summed E-state index contributed by atoms with van der Waals surface area (Å²) in [6.45, 7) is 0.513. The molecule has 0 amide bonds.